The lowest BCUT2D eigenvalue weighted by atomic mass is 10.0. The van der Waals surface area contributed by atoms with Crippen LogP contribution >= 0.6 is 0 Å². The Balaban J connectivity index is 0.000000793. The Bertz CT molecular complexity index is 3400. The highest BCUT2D eigenvalue weighted by molar-refractivity contribution is 4.98. The second kappa shape index (κ2) is 84.6. The average Bonchev–Trinajstić information content (AvgIpc) is 1.80. The van der Waals surface area contributed by atoms with E-state index in [1.165, 1.54) is 306 Å². The molecular weight excluding hydrogens is 1680 g/mol. The third-order valence-corrected chi connectivity index (χ3v) is 25.3. The Morgan fingerprint density at radius 3 is 0.588 bits per heavy atom. The minimum absolute atomic E-state index is 0.749. The summed E-state index contributed by atoms with van der Waals surface area (Å²) in [4.78, 5) is 0. The smallest absolute Gasteiger partial charge is 0.0827 e. The van der Waals surface area contributed by atoms with Gasteiger partial charge in [-0.15, -0.1) is 35.7 Å². The molecule has 0 aromatic carbocycles. The maximum Gasteiger partial charge on any atom is 0.0827 e. The van der Waals surface area contributed by atoms with E-state index in [0.29, 0.717) is 0 Å². The van der Waals surface area contributed by atoms with E-state index in [9.17, 15) is 0 Å². The average molecular weight is 1900 g/mol. The summed E-state index contributed by atoms with van der Waals surface area (Å²) < 4.78 is 14.4. The molecule has 7 rings (SSSR count). The molecule has 136 heavy (non-hydrogen) atoms. The van der Waals surface area contributed by atoms with E-state index in [2.05, 4.69) is 305 Å². The van der Waals surface area contributed by atoms with Crippen molar-refractivity contribution in [3.8, 4) is 0 Å². The molecule has 0 spiro atoms. The van der Waals surface area contributed by atoms with Crippen molar-refractivity contribution in [2.75, 3.05) is 0 Å². The molecule has 0 amide bonds. The largest absolute Gasteiger partial charge is 0.252 e. The molecular formula is C115H223N21. The van der Waals surface area contributed by atoms with Crippen LogP contribution in [-0.2, 0) is 90.8 Å². The van der Waals surface area contributed by atoms with Crippen molar-refractivity contribution in [1.29, 1.82) is 0 Å². The summed E-state index contributed by atoms with van der Waals surface area (Å²) in [6.45, 7) is 71.2. The van der Waals surface area contributed by atoms with Gasteiger partial charge in [-0.05, 0) is 231 Å². The Morgan fingerprint density at radius 1 is 0.162 bits per heavy atom. The predicted molar refractivity (Wildman–Crippen MR) is 582 cm³/mol. The standard InChI is InChI=1S/3C17H33N3.4C16H31N3/c2*1-15(2)10-7-5-6-8-13-20-17(14-18-19-20)12-9-11-16(3)4;1-15(2)10-8-6-5-7-9-13-20-17(14-18-19-20)12-11-16(3)4;2*1-14(2)9-5-6-11-16-13-19(18-17-16)12-8-7-10-15(3)4;2*1-14(2)9-6-5-7-11-16-13-19(18-17-16)12-8-10-15(3)4/h3*14-16H,5-13H2,1-4H3;4*13-15H,5-12H2,1-4H3. The molecule has 7 heterocycles. The molecule has 0 saturated heterocycles. The minimum Gasteiger partial charge on any atom is -0.252 e. The summed E-state index contributed by atoms with van der Waals surface area (Å²) >= 11 is 0. The fraction of sp³-hybridized carbons (Fsp3) is 0.878. The van der Waals surface area contributed by atoms with E-state index < -0.39 is 0 Å². The van der Waals surface area contributed by atoms with Gasteiger partial charge >= 0.3 is 0 Å². The van der Waals surface area contributed by atoms with Gasteiger partial charge in [0.15, 0.2) is 0 Å². The van der Waals surface area contributed by atoms with Crippen LogP contribution in [0.25, 0.3) is 0 Å². The summed E-state index contributed by atoms with van der Waals surface area (Å²) in [6.07, 6.45) is 80.6. The molecule has 0 saturated carbocycles. The Kier molecular flexibility index (Phi) is 79.7. The van der Waals surface area contributed by atoms with Gasteiger partial charge in [0.05, 0.1) is 58.4 Å². The molecule has 21 nitrogen and oxygen atoms in total. The number of hydrogen-bond acceptors (Lipinski definition) is 14. The number of rotatable bonds is 73. The van der Waals surface area contributed by atoms with Crippen LogP contribution in [0.5, 0.6) is 0 Å². The number of aromatic nitrogens is 21. The number of unbranched alkanes of at least 4 members (excludes halogenated alkanes) is 18. The summed E-state index contributed by atoms with van der Waals surface area (Å²) in [5.74, 6) is 11.4. The van der Waals surface area contributed by atoms with Crippen molar-refractivity contribution in [2.45, 2.75) is 574 Å². The van der Waals surface area contributed by atoms with E-state index in [1.54, 1.807) is 0 Å². The summed E-state index contributed by atoms with van der Waals surface area (Å²) in [5.41, 5.74) is 8.57. The van der Waals surface area contributed by atoms with E-state index in [1.807, 2.05) is 37.3 Å². The predicted octanol–water partition coefficient (Wildman–Crippen LogP) is 32.5. The fourth-order valence-corrected chi connectivity index (χ4v) is 16.5. The lowest BCUT2D eigenvalue weighted by Crippen LogP contribution is -2.06. The highest BCUT2D eigenvalue weighted by atomic mass is 15.5. The number of aryl methyl sites for hydroxylation is 14. The van der Waals surface area contributed by atoms with Gasteiger partial charge in [-0.1, -0.05) is 417 Å². The molecule has 0 aliphatic carbocycles. The molecule has 0 fully saturated rings. The monoisotopic (exact) mass is 1900 g/mol. The zero-order valence-corrected chi connectivity index (χ0v) is 94.7. The van der Waals surface area contributed by atoms with Crippen molar-refractivity contribution >= 4 is 0 Å². The van der Waals surface area contributed by atoms with Gasteiger partial charge in [0.25, 0.3) is 0 Å². The van der Waals surface area contributed by atoms with Crippen LogP contribution in [0.15, 0.2) is 43.4 Å². The summed E-state index contributed by atoms with van der Waals surface area (Å²) in [6, 6.07) is 0. The lowest BCUT2D eigenvalue weighted by molar-refractivity contribution is 0.476. The van der Waals surface area contributed by atoms with Gasteiger partial charge < -0.3 is 0 Å². The maximum absolute atomic E-state index is 4.26. The van der Waals surface area contributed by atoms with Crippen molar-refractivity contribution in [1.82, 2.24) is 105 Å². The van der Waals surface area contributed by atoms with Gasteiger partial charge in [0, 0.05) is 70.6 Å². The lowest BCUT2D eigenvalue weighted by Gasteiger charge is -2.08. The summed E-state index contributed by atoms with van der Waals surface area (Å²) in [5, 5.41) is 58.8. The Labute approximate surface area is 839 Å². The Morgan fingerprint density at radius 2 is 0.338 bits per heavy atom. The maximum atomic E-state index is 4.26. The highest BCUT2D eigenvalue weighted by Crippen LogP contribution is 2.22. The Hall–Kier alpha value is -6.02. The van der Waals surface area contributed by atoms with Crippen LogP contribution in [0.1, 0.15) is 523 Å². The van der Waals surface area contributed by atoms with Gasteiger partial charge in [0.2, 0.25) is 0 Å². The first-order valence-corrected chi connectivity index (χ1v) is 57.3. The van der Waals surface area contributed by atoms with Crippen LogP contribution in [-0.4, -0.2) is 105 Å². The highest BCUT2D eigenvalue weighted by Gasteiger charge is 2.13. The van der Waals surface area contributed by atoms with Gasteiger partial charge in [0.1, 0.15) is 0 Å². The van der Waals surface area contributed by atoms with Crippen LogP contribution in [0, 0.1) is 82.9 Å². The fourth-order valence-electron chi connectivity index (χ4n) is 16.5. The SMILES string of the molecule is CC(C)CCCCCCCn1nncc1CCC(C)C.CC(C)CCCCCCn1nncc1CCCC(C)C.CC(C)CCCCCCn1nncc1CCCC(C)C.CC(C)CCCCCc1cn(CCCC(C)C)nn1.CC(C)CCCCCc1cn(CCCC(C)C)nn1.CC(C)CCCCc1cn(CCCCC(C)C)nn1.CC(C)CCCCc1cn(CCCCC(C)C)nn1. The van der Waals surface area contributed by atoms with Crippen molar-refractivity contribution in [3.63, 3.8) is 0 Å². The van der Waals surface area contributed by atoms with E-state index in [0.717, 1.165) is 196 Å². The second-order valence-corrected chi connectivity index (χ2v) is 46.5. The zero-order chi connectivity index (χ0) is 101. The molecule has 7 aromatic rings. The molecule has 0 unspecified atom stereocenters. The topological polar surface area (TPSA) is 215 Å². The second-order valence-electron chi connectivity index (χ2n) is 46.5. The normalized spacial score (nSPS) is 11.7. The third-order valence-electron chi connectivity index (χ3n) is 25.3. The molecule has 7 aromatic heterocycles. The molecule has 0 aliphatic rings. The van der Waals surface area contributed by atoms with Crippen molar-refractivity contribution in [3.05, 3.63) is 83.2 Å². The molecule has 0 N–H and O–H groups in total. The first kappa shape index (κ1) is 128. The zero-order valence-electron chi connectivity index (χ0n) is 94.7. The van der Waals surface area contributed by atoms with Crippen molar-refractivity contribution in [2.24, 2.45) is 82.9 Å². The molecule has 788 valence electrons. The van der Waals surface area contributed by atoms with Crippen LogP contribution in [0.2, 0.25) is 0 Å². The molecule has 0 aliphatic heterocycles. The minimum atomic E-state index is 0.749. The quantitative estimate of drug-likeness (QED) is 0.0324. The number of hydrogen-bond donors (Lipinski definition) is 0. The van der Waals surface area contributed by atoms with E-state index in [-0.39, 0.29) is 0 Å². The van der Waals surface area contributed by atoms with Gasteiger partial charge in [-0.25, -0.2) is 14.0 Å². The van der Waals surface area contributed by atoms with Gasteiger partial charge in [-0.3, -0.25) is 18.7 Å². The van der Waals surface area contributed by atoms with Crippen LogP contribution in [0.3, 0.4) is 0 Å². The van der Waals surface area contributed by atoms with Crippen molar-refractivity contribution < 1.29 is 0 Å². The number of nitrogens with zero attached hydrogens (tertiary/aromatic N) is 21. The van der Waals surface area contributed by atoms with Gasteiger partial charge in [-0.2, -0.15) is 0 Å². The first-order valence-electron chi connectivity index (χ1n) is 57.3. The first-order chi connectivity index (χ1) is 65.1. The summed E-state index contributed by atoms with van der Waals surface area (Å²) in [7, 11) is 0. The molecule has 0 atom stereocenters. The molecule has 21 heteroatoms. The molecule has 0 radical (unpaired) electrons. The third kappa shape index (κ3) is 79.6. The molecule has 0 bridgehead atoms. The van der Waals surface area contributed by atoms with Crippen LogP contribution < -0.4 is 0 Å². The van der Waals surface area contributed by atoms with E-state index in [4.69, 9.17) is 0 Å². The van der Waals surface area contributed by atoms with E-state index >= 15 is 0 Å². The van der Waals surface area contributed by atoms with Crippen LogP contribution in [0.4, 0.5) is 0 Å².